The van der Waals surface area contributed by atoms with Gasteiger partial charge < -0.3 is 5.32 Å². The Morgan fingerprint density at radius 2 is 1.89 bits per heavy atom. The molecule has 1 aliphatic rings. The van der Waals surface area contributed by atoms with Crippen molar-refractivity contribution >= 4 is 15.7 Å². The van der Waals surface area contributed by atoms with E-state index in [0.29, 0.717) is 4.90 Å². The highest BCUT2D eigenvalue weighted by Gasteiger charge is 2.27. The van der Waals surface area contributed by atoms with Gasteiger partial charge in [-0.2, -0.15) is 0 Å². The van der Waals surface area contributed by atoms with Gasteiger partial charge in [-0.25, -0.2) is 13.1 Å². The van der Waals surface area contributed by atoms with Crippen LogP contribution in [0, 0.1) is 5.92 Å². The summed E-state index contributed by atoms with van der Waals surface area (Å²) in [5, 5.41) is 2.98. The molecule has 2 rings (SSSR count). The maximum absolute atomic E-state index is 12.3. The molecule has 106 valence electrons. The largest absolute Gasteiger partial charge is 0.388 e. The Kier molecular flexibility index (Phi) is 4.47. The lowest BCUT2D eigenvalue weighted by atomic mass is 10.1. The van der Waals surface area contributed by atoms with Gasteiger partial charge in [0.05, 0.1) is 4.90 Å². The van der Waals surface area contributed by atoms with E-state index >= 15 is 0 Å². The Hall–Kier alpha value is -1.07. The van der Waals surface area contributed by atoms with Crippen molar-refractivity contribution in [3.8, 4) is 0 Å². The van der Waals surface area contributed by atoms with E-state index in [0.717, 1.165) is 24.4 Å². The molecule has 1 fully saturated rings. The van der Waals surface area contributed by atoms with Crippen molar-refractivity contribution in [3.05, 3.63) is 24.3 Å². The van der Waals surface area contributed by atoms with Crippen LogP contribution in [0.3, 0.4) is 0 Å². The van der Waals surface area contributed by atoms with Gasteiger partial charge in [0.25, 0.3) is 0 Å². The van der Waals surface area contributed by atoms with Crippen molar-refractivity contribution in [1.82, 2.24) is 4.72 Å². The zero-order valence-electron chi connectivity index (χ0n) is 11.5. The Bertz CT molecular complexity index is 507. The van der Waals surface area contributed by atoms with E-state index in [1.165, 1.54) is 12.8 Å². The molecule has 0 spiro atoms. The highest BCUT2D eigenvalue weighted by molar-refractivity contribution is 7.89. The van der Waals surface area contributed by atoms with Crippen LogP contribution in [0.15, 0.2) is 29.2 Å². The summed E-state index contributed by atoms with van der Waals surface area (Å²) in [6, 6.07) is 6.88. The molecule has 19 heavy (non-hydrogen) atoms. The first kappa shape index (κ1) is 14.3. The fraction of sp³-hybridized carbons (Fsp3) is 0.571. The van der Waals surface area contributed by atoms with Crippen molar-refractivity contribution < 1.29 is 8.42 Å². The van der Waals surface area contributed by atoms with Crippen LogP contribution in [0.1, 0.15) is 32.6 Å². The molecule has 1 aromatic rings. The van der Waals surface area contributed by atoms with Crippen molar-refractivity contribution in [2.45, 2.75) is 43.5 Å². The molecule has 2 N–H and O–H groups in total. The van der Waals surface area contributed by atoms with Gasteiger partial charge in [0.15, 0.2) is 0 Å². The molecule has 1 aliphatic carbocycles. The van der Waals surface area contributed by atoms with Gasteiger partial charge in [0.1, 0.15) is 0 Å². The summed E-state index contributed by atoms with van der Waals surface area (Å²) in [7, 11) is -1.58. The summed E-state index contributed by atoms with van der Waals surface area (Å²) in [6.45, 7) is 2.03. The number of hydrogen-bond donors (Lipinski definition) is 2. The van der Waals surface area contributed by atoms with Crippen LogP contribution in [-0.4, -0.2) is 21.5 Å². The van der Waals surface area contributed by atoms with Crippen LogP contribution in [0.25, 0.3) is 0 Å². The molecule has 0 saturated heterocycles. The fourth-order valence-corrected chi connectivity index (χ4v) is 3.47. The van der Waals surface area contributed by atoms with Crippen LogP contribution in [0.2, 0.25) is 0 Å². The first-order chi connectivity index (χ1) is 9.05. The Balaban J connectivity index is 2.06. The number of sulfonamides is 1. The van der Waals surface area contributed by atoms with Crippen LogP contribution in [-0.2, 0) is 10.0 Å². The van der Waals surface area contributed by atoms with Crippen molar-refractivity contribution in [2.24, 2.45) is 5.92 Å². The highest BCUT2D eigenvalue weighted by Crippen LogP contribution is 2.34. The van der Waals surface area contributed by atoms with Gasteiger partial charge in [-0.3, -0.25) is 0 Å². The standard InChI is InChI=1S/C14H22N2O2S/c1-3-12(10-11-4-5-11)16-19(17,18)14-8-6-13(15-2)7-9-14/h6-9,11-12,15-16H,3-5,10H2,1-2H3. The SMILES string of the molecule is CCC(CC1CC1)NS(=O)(=O)c1ccc(NC)cc1. The molecule has 0 bridgehead atoms. The molecule has 0 aromatic heterocycles. The molecular weight excluding hydrogens is 260 g/mol. The van der Waals surface area contributed by atoms with E-state index in [9.17, 15) is 8.42 Å². The van der Waals surface area contributed by atoms with Crippen LogP contribution in [0.4, 0.5) is 5.69 Å². The van der Waals surface area contributed by atoms with Crippen LogP contribution in [0.5, 0.6) is 0 Å². The molecule has 5 heteroatoms. The Labute approximate surface area is 115 Å². The van der Waals surface area contributed by atoms with E-state index in [-0.39, 0.29) is 6.04 Å². The van der Waals surface area contributed by atoms with Gasteiger partial charge in [-0.05, 0) is 43.0 Å². The number of rotatable bonds is 7. The Morgan fingerprint density at radius 3 is 2.37 bits per heavy atom. The summed E-state index contributed by atoms with van der Waals surface area (Å²) in [5.41, 5.74) is 0.906. The zero-order valence-corrected chi connectivity index (χ0v) is 12.3. The maximum atomic E-state index is 12.3. The predicted molar refractivity (Wildman–Crippen MR) is 77.7 cm³/mol. The van der Waals surface area contributed by atoms with E-state index in [4.69, 9.17) is 0 Å². The smallest absolute Gasteiger partial charge is 0.240 e. The quantitative estimate of drug-likeness (QED) is 0.808. The van der Waals surface area contributed by atoms with E-state index in [1.807, 2.05) is 14.0 Å². The highest BCUT2D eigenvalue weighted by atomic mass is 32.2. The summed E-state index contributed by atoms with van der Waals surface area (Å²) < 4.78 is 27.4. The van der Waals surface area contributed by atoms with Gasteiger partial charge in [-0.1, -0.05) is 19.8 Å². The summed E-state index contributed by atoms with van der Waals surface area (Å²) in [6.07, 6.45) is 4.29. The predicted octanol–water partition coefficient (Wildman–Crippen LogP) is 2.59. The summed E-state index contributed by atoms with van der Waals surface area (Å²) in [4.78, 5) is 0.334. The third-order valence-corrected chi connectivity index (χ3v) is 5.12. The first-order valence-corrected chi connectivity index (χ1v) is 8.33. The lowest BCUT2D eigenvalue weighted by molar-refractivity contribution is 0.495. The minimum atomic E-state index is -3.39. The maximum Gasteiger partial charge on any atom is 0.240 e. The van der Waals surface area contributed by atoms with Crippen molar-refractivity contribution in [3.63, 3.8) is 0 Å². The third kappa shape index (κ3) is 3.94. The van der Waals surface area contributed by atoms with Crippen molar-refractivity contribution in [2.75, 3.05) is 12.4 Å². The minimum absolute atomic E-state index is 0.0569. The van der Waals surface area contributed by atoms with Gasteiger partial charge >= 0.3 is 0 Å². The van der Waals surface area contributed by atoms with Gasteiger partial charge in [0.2, 0.25) is 10.0 Å². The molecule has 1 unspecified atom stereocenters. The minimum Gasteiger partial charge on any atom is -0.388 e. The van der Waals surface area contributed by atoms with Gasteiger partial charge in [0, 0.05) is 18.8 Å². The second-order valence-electron chi connectivity index (χ2n) is 5.18. The lowest BCUT2D eigenvalue weighted by Crippen LogP contribution is -2.34. The third-order valence-electron chi connectivity index (χ3n) is 3.58. The summed E-state index contributed by atoms with van der Waals surface area (Å²) >= 11 is 0. The first-order valence-electron chi connectivity index (χ1n) is 6.85. The number of nitrogens with one attached hydrogen (secondary N) is 2. The molecule has 0 amide bonds. The molecule has 1 aromatic carbocycles. The molecule has 0 aliphatic heterocycles. The van der Waals surface area contributed by atoms with E-state index in [1.54, 1.807) is 24.3 Å². The molecule has 1 atom stereocenters. The summed E-state index contributed by atoms with van der Waals surface area (Å²) in [5.74, 6) is 0.722. The monoisotopic (exact) mass is 282 g/mol. The van der Waals surface area contributed by atoms with Gasteiger partial charge in [-0.15, -0.1) is 0 Å². The van der Waals surface area contributed by atoms with Crippen molar-refractivity contribution in [1.29, 1.82) is 0 Å². The number of benzene rings is 1. The molecular formula is C14H22N2O2S. The molecule has 4 nitrogen and oxygen atoms in total. The molecule has 0 heterocycles. The zero-order chi connectivity index (χ0) is 13.9. The topological polar surface area (TPSA) is 58.2 Å². The second-order valence-corrected chi connectivity index (χ2v) is 6.89. The normalized spacial score (nSPS) is 17.2. The lowest BCUT2D eigenvalue weighted by Gasteiger charge is -2.17. The molecule has 1 saturated carbocycles. The fourth-order valence-electron chi connectivity index (χ4n) is 2.14. The second kappa shape index (κ2) is 5.92. The average Bonchev–Trinajstić information content (AvgIpc) is 3.21. The van der Waals surface area contributed by atoms with Crippen LogP contribution >= 0.6 is 0 Å². The molecule has 0 radical (unpaired) electrons. The average molecular weight is 282 g/mol. The van der Waals surface area contributed by atoms with Crippen LogP contribution < -0.4 is 10.0 Å². The van der Waals surface area contributed by atoms with E-state index in [2.05, 4.69) is 10.0 Å². The van der Waals surface area contributed by atoms with E-state index < -0.39 is 10.0 Å². The Morgan fingerprint density at radius 1 is 1.26 bits per heavy atom. The number of anilines is 1. The number of hydrogen-bond acceptors (Lipinski definition) is 3.